The fraction of sp³-hybridized carbons (Fsp3) is 0.412. The Morgan fingerprint density at radius 2 is 2.08 bits per heavy atom. The van der Waals surface area contributed by atoms with Gasteiger partial charge in [-0.3, -0.25) is 9.59 Å². The number of benzene rings is 1. The first-order valence-corrected chi connectivity index (χ1v) is 8.57. The normalized spacial score (nSPS) is 10.7. The maximum absolute atomic E-state index is 12.8. The Labute approximate surface area is 151 Å². The standard InChI is InChI=1S/C17H21ClN4O3/c1-3-6-14-16(17(25)21(4-2)10-9-15(23)24)19-20-22(14)13-8-5-7-12(18)11-13/h5,7-8,11H,3-4,6,9-10H2,1-2H3,(H,23,24). The predicted octanol–water partition coefficient (Wildman–Crippen LogP) is 2.81. The SMILES string of the molecule is CCCc1c(C(=O)N(CC)CCC(=O)O)nnn1-c1cccc(Cl)c1. The molecular weight excluding hydrogens is 344 g/mol. The molecule has 0 aliphatic heterocycles. The lowest BCUT2D eigenvalue weighted by Crippen LogP contribution is -2.33. The summed E-state index contributed by atoms with van der Waals surface area (Å²) in [5.41, 5.74) is 1.69. The Morgan fingerprint density at radius 1 is 1.32 bits per heavy atom. The molecule has 0 atom stereocenters. The van der Waals surface area contributed by atoms with Crippen LogP contribution in [0.4, 0.5) is 0 Å². The highest BCUT2D eigenvalue weighted by Gasteiger charge is 2.24. The van der Waals surface area contributed by atoms with E-state index < -0.39 is 5.97 Å². The molecule has 0 saturated heterocycles. The number of carbonyl (C=O) groups is 2. The minimum absolute atomic E-state index is 0.106. The lowest BCUT2D eigenvalue weighted by Gasteiger charge is -2.19. The molecule has 0 aliphatic carbocycles. The third-order valence-electron chi connectivity index (χ3n) is 3.77. The molecule has 0 aliphatic rings. The highest BCUT2D eigenvalue weighted by atomic mass is 35.5. The minimum atomic E-state index is -0.942. The quantitative estimate of drug-likeness (QED) is 0.778. The van der Waals surface area contributed by atoms with Gasteiger partial charge in [-0.05, 0) is 31.5 Å². The van der Waals surface area contributed by atoms with Crippen LogP contribution in [0.1, 0.15) is 42.9 Å². The van der Waals surface area contributed by atoms with Gasteiger partial charge in [0.15, 0.2) is 5.69 Å². The fourth-order valence-electron chi connectivity index (χ4n) is 2.53. The van der Waals surface area contributed by atoms with E-state index in [1.54, 1.807) is 23.7 Å². The van der Waals surface area contributed by atoms with Crippen molar-refractivity contribution in [2.45, 2.75) is 33.1 Å². The number of aromatic nitrogens is 3. The van der Waals surface area contributed by atoms with Gasteiger partial charge >= 0.3 is 5.97 Å². The second kappa shape index (κ2) is 8.62. The first-order chi connectivity index (χ1) is 12.0. The molecule has 0 saturated carbocycles. The first kappa shape index (κ1) is 18.9. The van der Waals surface area contributed by atoms with E-state index in [9.17, 15) is 9.59 Å². The molecule has 1 heterocycles. The number of nitrogens with zero attached hydrogens (tertiary/aromatic N) is 4. The van der Waals surface area contributed by atoms with Crippen molar-refractivity contribution in [2.24, 2.45) is 0 Å². The van der Waals surface area contributed by atoms with Gasteiger partial charge in [0.2, 0.25) is 0 Å². The van der Waals surface area contributed by atoms with Crippen LogP contribution in [0.5, 0.6) is 0 Å². The first-order valence-electron chi connectivity index (χ1n) is 8.19. The van der Waals surface area contributed by atoms with Crippen molar-refractivity contribution in [3.63, 3.8) is 0 Å². The molecule has 7 nitrogen and oxygen atoms in total. The number of hydrogen-bond donors (Lipinski definition) is 1. The number of amides is 1. The van der Waals surface area contributed by atoms with Crippen molar-refractivity contribution in [3.8, 4) is 5.69 Å². The van der Waals surface area contributed by atoms with Crippen LogP contribution in [0.3, 0.4) is 0 Å². The van der Waals surface area contributed by atoms with E-state index >= 15 is 0 Å². The Hall–Kier alpha value is -2.41. The Morgan fingerprint density at radius 3 is 2.68 bits per heavy atom. The number of halogens is 1. The summed E-state index contributed by atoms with van der Waals surface area (Å²) in [7, 11) is 0. The Kier molecular flexibility index (Phi) is 6.52. The second-order valence-corrected chi connectivity index (χ2v) is 5.99. The Balaban J connectivity index is 2.37. The van der Waals surface area contributed by atoms with E-state index in [1.165, 1.54) is 4.90 Å². The summed E-state index contributed by atoms with van der Waals surface area (Å²) in [4.78, 5) is 25.0. The third-order valence-corrected chi connectivity index (χ3v) is 4.00. The van der Waals surface area contributed by atoms with Gasteiger partial charge in [-0.25, -0.2) is 4.68 Å². The molecule has 0 spiro atoms. The number of rotatable bonds is 8. The molecule has 0 bridgehead atoms. The number of hydrogen-bond acceptors (Lipinski definition) is 4. The van der Waals surface area contributed by atoms with Gasteiger partial charge in [0.1, 0.15) is 0 Å². The zero-order chi connectivity index (χ0) is 18.4. The van der Waals surface area contributed by atoms with Crippen LogP contribution in [-0.2, 0) is 11.2 Å². The third kappa shape index (κ3) is 4.57. The summed E-state index contributed by atoms with van der Waals surface area (Å²) in [5.74, 6) is -1.25. The van der Waals surface area contributed by atoms with Crippen molar-refractivity contribution < 1.29 is 14.7 Å². The van der Waals surface area contributed by atoms with Gasteiger partial charge in [-0.2, -0.15) is 0 Å². The monoisotopic (exact) mass is 364 g/mol. The minimum Gasteiger partial charge on any atom is -0.481 e. The van der Waals surface area contributed by atoms with Crippen LogP contribution in [0.2, 0.25) is 5.02 Å². The molecule has 1 N–H and O–H groups in total. The van der Waals surface area contributed by atoms with Crippen LogP contribution in [0, 0.1) is 0 Å². The van der Waals surface area contributed by atoms with Gasteiger partial charge in [0.05, 0.1) is 17.8 Å². The number of carbonyl (C=O) groups excluding carboxylic acids is 1. The van der Waals surface area contributed by atoms with E-state index in [2.05, 4.69) is 10.3 Å². The van der Waals surface area contributed by atoms with Gasteiger partial charge < -0.3 is 10.0 Å². The molecule has 8 heteroatoms. The highest BCUT2D eigenvalue weighted by Crippen LogP contribution is 2.19. The molecule has 0 fully saturated rings. The smallest absolute Gasteiger partial charge is 0.305 e. The zero-order valence-corrected chi connectivity index (χ0v) is 15.0. The maximum atomic E-state index is 12.8. The zero-order valence-electron chi connectivity index (χ0n) is 14.3. The highest BCUT2D eigenvalue weighted by molar-refractivity contribution is 6.30. The fourth-order valence-corrected chi connectivity index (χ4v) is 2.71. The molecule has 2 aromatic rings. The molecule has 2 rings (SSSR count). The molecular formula is C17H21ClN4O3. The molecule has 0 unspecified atom stereocenters. The number of carboxylic acids is 1. The average molecular weight is 365 g/mol. The molecule has 1 aromatic heterocycles. The lowest BCUT2D eigenvalue weighted by atomic mass is 10.1. The van der Waals surface area contributed by atoms with Crippen molar-refractivity contribution in [2.75, 3.05) is 13.1 Å². The Bertz CT molecular complexity index is 760. The van der Waals surface area contributed by atoms with Crippen LogP contribution >= 0.6 is 11.6 Å². The van der Waals surface area contributed by atoms with Gasteiger partial charge in [0, 0.05) is 18.1 Å². The van der Waals surface area contributed by atoms with E-state index in [1.807, 2.05) is 19.1 Å². The molecule has 0 radical (unpaired) electrons. The lowest BCUT2D eigenvalue weighted by molar-refractivity contribution is -0.137. The predicted molar refractivity (Wildman–Crippen MR) is 94.2 cm³/mol. The van der Waals surface area contributed by atoms with E-state index in [4.69, 9.17) is 16.7 Å². The average Bonchev–Trinajstić information content (AvgIpc) is 2.99. The number of aliphatic carboxylic acids is 1. The maximum Gasteiger partial charge on any atom is 0.305 e. The van der Waals surface area contributed by atoms with Gasteiger partial charge in [-0.15, -0.1) is 5.10 Å². The summed E-state index contributed by atoms with van der Waals surface area (Å²) < 4.78 is 1.62. The second-order valence-electron chi connectivity index (χ2n) is 5.55. The van der Waals surface area contributed by atoms with Crippen LogP contribution in [-0.4, -0.2) is 50.0 Å². The summed E-state index contributed by atoms with van der Waals surface area (Å²) in [6.07, 6.45) is 1.33. The van der Waals surface area contributed by atoms with Crippen molar-refractivity contribution in [3.05, 3.63) is 40.7 Å². The van der Waals surface area contributed by atoms with Crippen LogP contribution < -0.4 is 0 Å². The van der Waals surface area contributed by atoms with Crippen LogP contribution in [0.15, 0.2) is 24.3 Å². The molecule has 1 aromatic carbocycles. The van der Waals surface area contributed by atoms with Crippen molar-refractivity contribution in [1.29, 1.82) is 0 Å². The van der Waals surface area contributed by atoms with E-state index in [0.717, 1.165) is 12.1 Å². The summed E-state index contributed by atoms with van der Waals surface area (Å²) in [6.45, 7) is 4.36. The summed E-state index contributed by atoms with van der Waals surface area (Å²) >= 11 is 6.04. The van der Waals surface area contributed by atoms with Gasteiger partial charge in [0.25, 0.3) is 5.91 Å². The summed E-state index contributed by atoms with van der Waals surface area (Å²) in [5, 5.41) is 17.6. The molecule has 1 amide bonds. The van der Waals surface area contributed by atoms with E-state index in [-0.39, 0.29) is 24.6 Å². The van der Waals surface area contributed by atoms with Gasteiger partial charge in [-0.1, -0.05) is 36.2 Å². The summed E-state index contributed by atoms with van der Waals surface area (Å²) in [6, 6.07) is 7.17. The molecule has 134 valence electrons. The molecule has 25 heavy (non-hydrogen) atoms. The van der Waals surface area contributed by atoms with Crippen molar-refractivity contribution in [1.82, 2.24) is 19.9 Å². The van der Waals surface area contributed by atoms with Crippen LogP contribution in [0.25, 0.3) is 5.69 Å². The van der Waals surface area contributed by atoms with Crippen molar-refractivity contribution >= 4 is 23.5 Å². The largest absolute Gasteiger partial charge is 0.481 e. The van der Waals surface area contributed by atoms with E-state index in [0.29, 0.717) is 23.7 Å². The topological polar surface area (TPSA) is 88.3 Å². The number of carboxylic acid groups (broad SMARTS) is 1.